The molecule has 2 heteroatoms. The van der Waals surface area contributed by atoms with Crippen LogP contribution in [0.1, 0.15) is 31.2 Å². The van der Waals surface area contributed by atoms with Crippen LogP contribution in [0.2, 0.25) is 0 Å². The molecule has 0 radical (unpaired) electrons. The Balaban J connectivity index is 1.76. The lowest BCUT2D eigenvalue weighted by atomic mass is 10.1. The standard InChI is InChI=1S/C14H18FN/c1-9-8-12(15)6-7-13(9)16-14(10-2-3-10)11-4-5-11/h6-8,10-11,14,16H,2-5H2,1H3. The molecule has 0 aliphatic heterocycles. The summed E-state index contributed by atoms with van der Waals surface area (Å²) in [6.07, 6.45) is 5.48. The Bertz CT molecular complexity index is 382. The predicted molar refractivity (Wildman–Crippen MR) is 64.0 cm³/mol. The van der Waals surface area contributed by atoms with Gasteiger partial charge < -0.3 is 5.32 Å². The van der Waals surface area contributed by atoms with Crippen LogP contribution in [0, 0.1) is 24.6 Å². The molecule has 0 saturated heterocycles. The van der Waals surface area contributed by atoms with Crippen molar-refractivity contribution >= 4 is 5.69 Å². The molecule has 2 saturated carbocycles. The highest BCUT2D eigenvalue weighted by Crippen LogP contribution is 2.46. The summed E-state index contributed by atoms with van der Waals surface area (Å²) in [6, 6.07) is 5.68. The van der Waals surface area contributed by atoms with E-state index >= 15 is 0 Å². The zero-order valence-electron chi connectivity index (χ0n) is 9.67. The van der Waals surface area contributed by atoms with Crippen LogP contribution in [-0.2, 0) is 0 Å². The van der Waals surface area contributed by atoms with Gasteiger partial charge in [0, 0.05) is 11.7 Å². The van der Waals surface area contributed by atoms with Crippen LogP contribution in [0.3, 0.4) is 0 Å². The van der Waals surface area contributed by atoms with Crippen LogP contribution in [-0.4, -0.2) is 6.04 Å². The van der Waals surface area contributed by atoms with Gasteiger partial charge in [0.05, 0.1) is 0 Å². The molecular formula is C14H18FN. The topological polar surface area (TPSA) is 12.0 Å². The molecule has 3 rings (SSSR count). The van der Waals surface area contributed by atoms with Gasteiger partial charge in [0.25, 0.3) is 0 Å². The van der Waals surface area contributed by atoms with E-state index in [4.69, 9.17) is 0 Å². The minimum Gasteiger partial charge on any atom is -0.382 e. The fourth-order valence-electron chi connectivity index (χ4n) is 2.50. The molecule has 86 valence electrons. The second-order valence-electron chi connectivity index (χ2n) is 5.30. The Labute approximate surface area is 96.1 Å². The van der Waals surface area contributed by atoms with Gasteiger partial charge in [-0.15, -0.1) is 0 Å². The molecule has 0 amide bonds. The minimum absolute atomic E-state index is 0.141. The Kier molecular flexibility index (Phi) is 2.38. The fourth-order valence-corrected chi connectivity index (χ4v) is 2.50. The molecule has 1 aromatic carbocycles. The highest BCUT2D eigenvalue weighted by molar-refractivity contribution is 5.51. The molecule has 2 aliphatic carbocycles. The number of benzene rings is 1. The maximum Gasteiger partial charge on any atom is 0.123 e. The van der Waals surface area contributed by atoms with E-state index in [1.807, 2.05) is 13.0 Å². The first-order chi connectivity index (χ1) is 7.74. The van der Waals surface area contributed by atoms with E-state index in [1.54, 1.807) is 12.1 Å². The van der Waals surface area contributed by atoms with E-state index in [0.29, 0.717) is 6.04 Å². The molecule has 0 bridgehead atoms. The van der Waals surface area contributed by atoms with E-state index in [-0.39, 0.29) is 5.82 Å². The molecule has 1 aromatic rings. The molecule has 0 aromatic heterocycles. The fraction of sp³-hybridized carbons (Fsp3) is 0.571. The number of aryl methyl sites for hydroxylation is 1. The number of rotatable bonds is 4. The summed E-state index contributed by atoms with van der Waals surface area (Å²) in [6.45, 7) is 1.97. The zero-order chi connectivity index (χ0) is 11.1. The summed E-state index contributed by atoms with van der Waals surface area (Å²) >= 11 is 0. The summed E-state index contributed by atoms with van der Waals surface area (Å²) in [4.78, 5) is 0. The van der Waals surface area contributed by atoms with Crippen LogP contribution >= 0.6 is 0 Å². The van der Waals surface area contributed by atoms with Crippen molar-refractivity contribution in [3.8, 4) is 0 Å². The van der Waals surface area contributed by atoms with Gasteiger partial charge in [-0.2, -0.15) is 0 Å². The van der Waals surface area contributed by atoms with Crippen molar-refractivity contribution in [3.05, 3.63) is 29.6 Å². The van der Waals surface area contributed by atoms with E-state index in [9.17, 15) is 4.39 Å². The molecule has 0 heterocycles. The number of hydrogen-bond donors (Lipinski definition) is 1. The van der Waals surface area contributed by atoms with Crippen molar-refractivity contribution in [1.29, 1.82) is 0 Å². The van der Waals surface area contributed by atoms with E-state index in [1.165, 1.54) is 25.7 Å². The third-order valence-corrected chi connectivity index (χ3v) is 3.77. The Morgan fingerprint density at radius 1 is 1.19 bits per heavy atom. The van der Waals surface area contributed by atoms with Crippen molar-refractivity contribution in [2.45, 2.75) is 38.6 Å². The van der Waals surface area contributed by atoms with Gasteiger partial charge in [0.15, 0.2) is 0 Å². The lowest BCUT2D eigenvalue weighted by molar-refractivity contribution is 0.567. The van der Waals surface area contributed by atoms with Gasteiger partial charge in [-0.3, -0.25) is 0 Å². The van der Waals surface area contributed by atoms with Crippen LogP contribution in [0.15, 0.2) is 18.2 Å². The quantitative estimate of drug-likeness (QED) is 0.813. The molecule has 0 spiro atoms. The van der Waals surface area contributed by atoms with E-state index in [2.05, 4.69) is 5.32 Å². The van der Waals surface area contributed by atoms with Gasteiger partial charge in [-0.25, -0.2) is 4.39 Å². The largest absolute Gasteiger partial charge is 0.382 e. The summed E-state index contributed by atoms with van der Waals surface area (Å²) < 4.78 is 13.0. The predicted octanol–water partition coefficient (Wildman–Crippen LogP) is 3.73. The summed E-state index contributed by atoms with van der Waals surface area (Å²) in [5.41, 5.74) is 2.14. The average Bonchev–Trinajstić information content (AvgIpc) is 3.11. The normalized spacial score (nSPS) is 20.2. The van der Waals surface area contributed by atoms with Gasteiger partial charge in [0.2, 0.25) is 0 Å². The van der Waals surface area contributed by atoms with Crippen LogP contribution in [0.25, 0.3) is 0 Å². The SMILES string of the molecule is Cc1cc(F)ccc1NC(C1CC1)C1CC1. The van der Waals surface area contributed by atoms with Gasteiger partial charge >= 0.3 is 0 Å². The number of nitrogens with one attached hydrogen (secondary N) is 1. The highest BCUT2D eigenvalue weighted by atomic mass is 19.1. The molecule has 16 heavy (non-hydrogen) atoms. The first kappa shape index (κ1) is 10.1. The monoisotopic (exact) mass is 219 g/mol. The van der Waals surface area contributed by atoms with Crippen molar-refractivity contribution in [2.75, 3.05) is 5.32 Å². The lowest BCUT2D eigenvalue weighted by Crippen LogP contribution is -2.24. The van der Waals surface area contributed by atoms with Gasteiger partial charge in [0.1, 0.15) is 5.82 Å². The molecule has 0 unspecified atom stereocenters. The van der Waals surface area contributed by atoms with Gasteiger partial charge in [-0.1, -0.05) is 0 Å². The average molecular weight is 219 g/mol. The second-order valence-corrected chi connectivity index (χ2v) is 5.30. The summed E-state index contributed by atoms with van der Waals surface area (Å²) in [5.74, 6) is 1.60. The smallest absolute Gasteiger partial charge is 0.123 e. The lowest BCUT2D eigenvalue weighted by Gasteiger charge is -2.20. The number of hydrogen-bond acceptors (Lipinski definition) is 1. The second kappa shape index (κ2) is 3.76. The first-order valence-electron chi connectivity index (χ1n) is 6.27. The highest BCUT2D eigenvalue weighted by Gasteiger charge is 2.41. The maximum atomic E-state index is 13.0. The molecule has 1 N–H and O–H groups in total. The Morgan fingerprint density at radius 3 is 2.31 bits per heavy atom. The third kappa shape index (κ3) is 2.06. The molecule has 2 aliphatic rings. The molecule has 0 atom stereocenters. The molecular weight excluding hydrogens is 201 g/mol. The zero-order valence-corrected chi connectivity index (χ0v) is 9.67. The van der Waals surface area contributed by atoms with Crippen molar-refractivity contribution in [1.82, 2.24) is 0 Å². The summed E-state index contributed by atoms with van der Waals surface area (Å²) in [5, 5.41) is 3.63. The Morgan fingerprint density at radius 2 is 1.81 bits per heavy atom. The summed E-state index contributed by atoms with van der Waals surface area (Å²) in [7, 11) is 0. The van der Waals surface area contributed by atoms with E-state index < -0.39 is 0 Å². The first-order valence-corrected chi connectivity index (χ1v) is 6.27. The minimum atomic E-state index is -0.141. The number of anilines is 1. The van der Waals surface area contributed by atoms with Crippen molar-refractivity contribution in [2.24, 2.45) is 11.8 Å². The third-order valence-electron chi connectivity index (χ3n) is 3.77. The van der Waals surface area contributed by atoms with E-state index in [0.717, 1.165) is 23.1 Å². The molecule has 2 fully saturated rings. The maximum absolute atomic E-state index is 13.0. The number of halogens is 1. The van der Waals surface area contributed by atoms with Crippen LogP contribution < -0.4 is 5.32 Å². The molecule has 1 nitrogen and oxygen atoms in total. The van der Waals surface area contributed by atoms with Crippen molar-refractivity contribution in [3.63, 3.8) is 0 Å². The Hall–Kier alpha value is -1.05. The van der Waals surface area contributed by atoms with Crippen LogP contribution in [0.4, 0.5) is 10.1 Å². The van der Waals surface area contributed by atoms with Gasteiger partial charge in [-0.05, 0) is 68.2 Å². The van der Waals surface area contributed by atoms with Crippen LogP contribution in [0.5, 0.6) is 0 Å². The van der Waals surface area contributed by atoms with Crippen molar-refractivity contribution < 1.29 is 4.39 Å².